The van der Waals surface area contributed by atoms with Crippen molar-refractivity contribution in [2.75, 3.05) is 45.3 Å². The van der Waals surface area contributed by atoms with Gasteiger partial charge >= 0.3 is 0 Å². The molecule has 34 heavy (non-hydrogen) atoms. The van der Waals surface area contributed by atoms with E-state index < -0.39 is 0 Å². The van der Waals surface area contributed by atoms with E-state index in [0.717, 1.165) is 61.0 Å². The van der Waals surface area contributed by atoms with Gasteiger partial charge < -0.3 is 14.5 Å². The van der Waals surface area contributed by atoms with Gasteiger partial charge in [-0.1, -0.05) is 38.1 Å². The van der Waals surface area contributed by atoms with Crippen molar-refractivity contribution in [3.8, 4) is 22.4 Å². The second kappa shape index (κ2) is 9.25. The van der Waals surface area contributed by atoms with Crippen molar-refractivity contribution in [3.63, 3.8) is 0 Å². The molecule has 2 aliphatic rings. The van der Waals surface area contributed by atoms with Gasteiger partial charge in [0.05, 0.1) is 28.8 Å². The fourth-order valence-electron chi connectivity index (χ4n) is 5.08. The summed E-state index contributed by atoms with van der Waals surface area (Å²) >= 11 is 1.68. The van der Waals surface area contributed by atoms with Crippen LogP contribution >= 0.6 is 11.3 Å². The van der Waals surface area contributed by atoms with Gasteiger partial charge in [0.15, 0.2) is 5.78 Å². The van der Waals surface area contributed by atoms with Crippen LogP contribution in [-0.4, -0.2) is 56.1 Å². The van der Waals surface area contributed by atoms with Crippen LogP contribution in [0.15, 0.2) is 42.6 Å². The number of aromatic nitrogens is 1. The van der Waals surface area contributed by atoms with Gasteiger partial charge in [0.1, 0.15) is 0 Å². The molecule has 5 nitrogen and oxygen atoms in total. The van der Waals surface area contributed by atoms with Crippen LogP contribution in [0.5, 0.6) is 0 Å². The number of carbonyl (C=O) groups excluding carboxylic acids is 1. The molecule has 1 aliphatic heterocycles. The third kappa shape index (κ3) is 4.67. The molecule has 6 heteroatoms. The van der Waals surface area contributed by atoms with Crippen LogP contribution in [-0.2, 0) is 17.7 Å². The quantitative estimate of drug-likeness (QED) is 0.485. The molecule has 0 radical (unpaired) electrons. The topological polar surface area (TPSA) is 45.7 Å². The number of hydrogen-bond acceptors (Lipinski definition) is 6. The van der Waals surface area contributed by atoms with E-state index in [1.54, 1.807) is 11.3 Å². The average molecular weight is 476 g/mol. The molecule has 0 bridgehead atoms. The molecule has 0 amide bonds. The lowest BCUT2D eigenvalue weighted by Gasteiger charge is -2.30. The number of thiophene rings is 1. The number of fused-ring (bicyclic) bond motifs is 1. The number of benzene rings is 1. The zero-order chi connectivity index (χ0) is 23.9. The Morgan fingerprint density at radius 1 is 1.06 bits per heavy atom. The minimum absolute atomic E-state index is 0.0275. The molecule has 178 valence electrons. The smallest absolute Gasteiger partial charge is 0.173 e. The van der Waals surface area contributed by atoms with Crippen LogP contribution in [0, 0.1) is 5.41 Å². The van der Waals surface area contributed by atoms with Crippen LogP contribution in [0.4, 0.5) is 5.00 Å². The Morgan fingerprint density at radius 2 is 1.79 bits per heavy atom. The minimum Gasteiger partial charge on any atom is -0.378 e. The summed E-state index contributed by atoms with van der Waals surface area (Å²) in [6.45, 7) is 8.49. The summed E-state index contributed by atoms with van der Waals surface area (Å²) in [4.78, 5) is 23.3. The predicted octanol–water partition coefficient (Wildman–Crippen LogP) is 5.53. The molecule has 0 spiro atoms. The maximum Gasteiger partial charge on any atom is 0.173 e. The molecular weight excluding hydrogens is 442 g/mol. The number of morpholine rings is 1. The molecule has 0 atom stereocenters. The Bertz CT molecular complexity index is 1190. The standard InChI is InChI=1S/C28H33N3O2S/c1-28(2)16-22-25(27(31-11-13-33-14-12-31)34-26(22)24(32)17-28)21-9-10-29-23(15-21)20-7-5-19(6-8-20)18-30(3)4/h5-10,15H,11-14,16-18H2,1-4H3. The number of rotatable bonds is 5. The molecule has 1 saturated heterocycles. The fraction of sp³-hybridized carbons (Fsp3) is 0.429. The number of anilines is 1. The molecule has 0 unspecified atom stereocenters. The monoisotopic (exact) mass is 475 g/mol. The number of Topliss-reactive ketones (excluding diaryl/α,β-unsaturated/α-hetero) is 1. The SMILES string of the molecule is CN(C)Cc1ccc(-c2cc(-c3c(N4CCOCC4)sc4c3CC(C)(C)CC4=O)ccn2)cc1. The summed E-state index contributed by atoms with van der Waals surface area (Å²) in [5.74, 6) is 0.280. The van der Waals surface area contributed by atoms with E-state index in [2.05, 4.69) is 74.1 Å². The van der Waals surface area contributed by atoms with Crippen LogP contribution in [0.2, 0.25) is 0 Å². The molecule has 1 aromatic carbocycles. The van der Waals surface area contributed by atoms with E-state index in [9.17, 15) is 4.79 Å². The van der Waals surface area contributed by atoms with Crippen molar-refractivity contribution < 1.29 is 9.53 Å². The van der Waals surface area contributed by atoms with Gasteiger partial charge in [0.25, 0.3) is 0 Å². The van der Waals surface area contributed by atoms with E-state index in [1.807, 2.05) is 6.20 Å². The largest absolute Gasteiger partial charge is 0.378 e. The van der Waals surface area contributed by atoms with Crippen LogP contribution < -0.4 is 4.90 Å². The van der Waals surface area contributed by atoms with Gasteiger partial charge in [-0.25, -0.2) is 0 Å². The van der Waals surface area contributed by atoms with E-state index in [1.165, 1.54) is 21.7 Å². The Kier molecular flexibility index (Phi) is 6.32. The molecule has 0 N–H and O–H groups in total. The van der Waals surface area contributed by atoms with E-state index >= 15 is 0 Å². The number of ketones is 1. The molecule has 1 fully saturated rings. The molecule has 0 saturated carbocycles. The summed E-state index contributed by atoms with van der Waals surface area (Å²) in [5, 5.41) is 1.21. The van der Waals surface area contributed by atoms with Crippen molar-refractivity contribution in [3.05, 3.63) is 58.6 Å². The van der Waals surface area contributed by atoms with Crippen molar-refractivity contribution in [1.82, 2.24) is 9.88 Å². The van der Waals surface area contributed by atoms with E-state index in [0.29, 0.717) is 6.42 Å². The first-order chi connectivity index (χ1) is 16.3. The summed E-state index contributed by atoms with van der Waals surface area (Å²) < 4.78 is 5.62. The molecule has 5 rings (SSSR count). The van der Waals surface area contributed by atoms with Crippen LogP contribution in [0.25, 0.3) is 22.4 Å². The minimum atomic E-state index is -0.0275. The molecule has 1 aliphatic carbocycles. The van der Waals surface area contributed by atoms with Gasteiger partial charge in [0, 0.05) is 43.4 Å². The van der Waals surface area contributed by atoms with Gasteiger partial charge in [-0.3, -0.25) is 9.78 Å². The average Bonchev–Trinajstić information content (AvgIpc) is 3.18. The van der Waals surface area contributed by atoms with E-state index in [-0.39, 0.29) is 11.2 Å². The number of ether oxygens (including phenoxy) is 1. The molecule has 2 aromatic heterocycles. The number of pyridine rings is 1. The van der Waals surface area contributed by atoms with E-state index in [4.69, 9.17) is 9.72 Å². The highest BCUT2D eigenvalue weighted by atomic mass is 32.1. The van der Waals surface area contributed by atoms with Crippen molar-refractivity contribution in [1.29, 1.82) is 0 Å². The maximum absolute atomic E-state index is 13.1. The Hall–Kier alpha value is -2.54. The maximum atomic E-state index is 13.1. The number of hydrogen-bond donors (Lipinski definition) is 0. The van der Waals surface area contributed by atoms with Crippen molar-refractivity contribution in [2.45, 2.75) is 33.2 Å². The lowest BCUT2D eigenvalue weighted by Crippen LogP contribution is -2.36. The normalized spacial score (nSPS) is 17.8. The number of nitrogens with zero attached hydrogens (tertiary/aromatic N) is 3. The summed E-state index contributed by atoms with van der Waals surface area (Å²) in [7, 11) is 4.16. The highest BCUT2D eigenvalue weighted by Gasteiger charge is 2.37. The second-order valence-electron chi connectivity index (χ2n) is 10.5. The Balaban J connectivity index is 1.59. The zero-order valence-corrected chi connectivity index (χ0v) is 21.4. The predicted molar refractivity (Wildman–Crippen MR) is 140 cm³/mol. The van der Waals surface area contributed by atoms with Crippen LogP contribution in [0.3, 0.4) is 0 Å². The lowest BCUT2D eigenvalue weighted by molar-refractivity contribution is 0.0918. The van der Waals surface area contributed by atoms with Crippen molar-refractivity contribution in [2.24, 2.45) is 5.41 Å². The summed E-state index contributed by atoms with van der Waals surface area (Å²) in [6, 6.07) is 13.0. The van der Waals surface area contributed by atoms with Gasteiger partial charge in [-0.05, 0) is 54.8 Å². The van der Waals surface area contributed by atoms with Crippen molar-refractivity contribution >= 4 is 22.1 Å². The highest BCUT2D eigenvalue weighted by molar-refractivity contribution is 7.19. The molecular formula is C28H33N3O2S. The second-order valence-corrected chi connectivity index (χ2v) is 11.5. The Morgan fingerprint density at radius 3 is 2.50 bits per heavy atom. The third-order valence-electron chi connectivity index (χ3n) is 6.63. The first-order valence-electron chi connectivity index (χ1n) is 12.0. The van der Waals surface area contributed by atoms with Gasteiger partial charge in [-0.2, -0.15) is 0 Å². The first kappa shape index (κ1) is 23.2. The third-order valence-corrected chi connectivity index (χ3v) is 7.97. The zero-order valence-electron chi connectivity index (χ0n) is 20.6. The first-order valence-corrected chi connectivity index (χ1v) is 12.8. The summed E-state index contributed by atoms with van der Waals surface area (Å²) in [6.07, 6.45) is 3.44. The lowest BCUT2D eigenvalue weighted by atomic mass is 9.75. The van der Waals surface area contributed by atoms with Crippen LogP contribution in [0.1, 0.15) is 41.1 Å². The highest BCUT2D eigenvalue weighted by Crippen LogP contribution is 2.49. The van der Waals surface area contributed by atoms with Gasteiger partial charge in [-0.15, -0.1) is 11.3 Å². The molecule has 3 aromatic rings. The fourth-order valence-corrected chi connectivity index (χ4v) is 6.41. The summed E-state index contributed by atoms with van der Waals surface area (Å²) in [5.41, 5.74) is 6.91. The van der Waals surface area contributed by atoms with Gasteiger partial charge in [0.2, 0.25) is 0 Å². The molecule has 3 heterocycles. The number of carbonyl (C=O) groups is 1. The Labute approximate surface area is 206 Å².